The van der Waals surface area contributed by atoms with Crippen molar-refractivity contribution in [2.75, 3.05) is 27.6 Å². The molecule has 0 aliphatic carbocycles. The van der Waals surface area contributed by atoms with Gasteiger partial charge in [0, 0.05) is 27.5 Å². The Labute approximate surface area is 101 Å². The number of hydrogen-bond donors (Lipinski definition) is 0. The molecule has 0 aromatic carbocycles. The van der Waals surface area contributed by atoms with E-state index in [1.54, 1.807) is 18.2 Å². The zero-order valence-corrected chi connectivity index (χ0v) is 11.0. The summed E-state index contributed by atoms with van der Waals surface area (Å²) in [5, 5.41) is 0. The maximum atomic E-state index is 11.6. The minimum atomic E-state index is -2.88. The van der Waals surface area contributed by atoms with Gasteiger partial charge in [0.2, 0.25) is 0 Å². The third kappa shape index (κ3) is 3.60. The Kier molecular flexibility index (Phi) is 5.23. The van der Waals surface area contributed by atoms with Gasteiger partial charge in [0.1, 0.15) is 5.69 Å². The second-order valence-electron chi connectivity index (χ2n) is 3.09. The normalized spacial score (nSPS) is 11.2. The van der Waals surface area contributed by atoms with Crippen LogP contribution in [0.25, 0.3) is 0 Å². The first kappa shape index (κ1) is 13.8. The lowest BCUT2D eigenvalue weighted by atomic mass is 10.4. The Morgan fingerprint density at radius 2 is 1.88 bits per heavy atom. The smallest absolute Gasteiger partial charge is 0.456 e. The molecule has 0 N–H and O–H groups in total. The molecule has 6 nitrogen and oxygen atoms in total. The lowest BCUT2D eigenvalue weighted by Crippen LogP contribution is -2.48. The highest BCUT2D eigenvalue weighted by Crippen LogP contribution is 2.07. The van der Waals surface area contributed by atoms with E-state index in [4.69, 9.17) is 18.0 Å². The predicted octanol–water partition coefficient (Wildman–Crippen LogP) is 0.656. The molecule has 0 spiro atoms. The molecule has 0 bridgehead atoms. The van der Waals surface area contributed by atoms with Crippen molar-refractivity contribution in [1.82, 2.24) is 4.98 Å². The van der Waals surface area contributed by atoms with Gasteiger partial charge in [0.05, 0.1) is 0 Å². The molecule has 0 atom stereocenters. The number of hydrogen-bond acceptors (Lipinski definition) is 6. The molecule has 1 rings (SSSR count). The fourth-order valence-corrected chi connectivity index (χ4v) is 2.30. The number of pyridine rings is 1. The molecule has 1 heterocycles. The molecule has 0 saturated carbocycles. The van der Waals surface area contributed by atoms with Gasteiger partial charge in [-0.15, -0.1) is 0 Å². The molecule has 0 aliphatic rings. The van der Waals surface area contributed by atoms with Crippen molar-refractivity contribution in [3.8, 4) is 0 Å². The molecule has 0 aliphatic heterocycles. The minimum absolute atomic E-state index is 0.0497. The van der Waals surface area contributed by atoms with E-state index in [9.17, 15) is 4.79 Å². The van der Waals surface area contributed by atoms with Gasteiger partial charge in [0.25, 0.3) is 0 Å². The van der Waals surface area contributed by atoms with Crippen LogP contribution in [-0.4, -0.2) is 47.3 Å². The quantitative estimate of drug-likeness (QED) is 0.551. The zero-order valence-electron chi connectivity index (χ0n) is 10.0. The van der Waals surface area contributed by atoms with Crippen molar-refractivity contribution in [3.05, 3.63) is 30.1 Å². The monoisotopic (exact) mass is 257 g/mol. The van der Waals surface area contributed by atoms with E-state index >= 15 is 0 Å². The van der Waals surface area contributed by atoms with Crippen LogP contribution in [0.3, 0.4) is 0 Å². The Morgan fingerprint density at radius 1 is 1.24 bits per heavy atom. The Bertz CT molecular complexity index is 347. The van der Waals surface area contributed by atoms with Crippen LogP contribution in [0, 0.1) is 0 Å². The summed E-state index contributed by atoms with van der Waals surface area (Å²) < 4.78 is 20.4. The average Bonchev–Trinajstić information content (AvgIpc) is 2.41. The molecule has 1 aromatic heterocycles. The van der Waals surface area contributed by atoms with Crippen molar-refractivity contribution < 1.29 is 22.8 Å². The second-order valence-corrected chi connectivity index (χ2v) is 5.97. The molecule has 1 aromatic rings. The maximum Gasteiger partial charge on any atom is 0.539 e. The SMILES string of the molecule is CO[Si](COC(=O)c1ccccn1)(OC)OC. The van der Waals surface area contributed by atoms with E-state index in [1.807, 2.05) is 0 Å². The summed E-state index contributed by atoms with van der Waals surface area (Å²) in [6.45, 7) is 0. The fraction of sp³-hybridized carbons (Fsp3) is 0.400. The highest BCUT2D eigenvalue weighted by molar-refractivity contribution is 6.60. The van der Waals surface area contributed by atoms with Crippen LogP contribution in [0.1, 0.15) is 10.5 Å². The predicted molar refractivity (Wildman–Crippen MR) is 61.3 cm³/mol. The van der Waals surface area contributed by atoms with Crippen LogP contribution in [0.2, 0.25) is 0 Å². The van der Waals surface area contributed by atoms with Crippen LogP contribution < -0.4 is 0 Å². The Hall–Kier alpha value is -1.28. The first-order valence-electron chi connectivity index (χ1n) is 4.91. The lowest BCUT2D eigenvalue weighted by Gasteiger charge is -2.23. The highest BCUT2D eigenvalue weighted by Gasteiger charge is 2.40. The van der Waals surface area contributed by atoms with E-state index in [0.29, 0.717) is 0 Å². The van der Waals surface area contributed by atoms with Crippen LogP contribution >= 0.6 is 0 Å². The molecule has 7 heteroatoms. The number of ether oxygens (including phenoxy) is 1. The van der Waals surface area contributed by atoms with Crippen molar-refractivity contribution in [2.45, 2.75) is 0 Å². The van der Waals surface area contributed by atoms with Gasteiger partial charge in [-0.1, -0.05) is 6.07 Å². The summed E-state index contributed by atoms with van der Waals surface area (Å²) in [6, 6.07) is 4.99. The van der Waals surface area contributed by atoms with Gasteiger partial charge < -0.3 is 18.0 Å². The van der Waals surface area contributed by atoms with Gasteiger partial charge in [-0.2, -0.15) is 0 Å². The first-order chi connectivity index (χ1) is 8.17. The molecule has 0 unspecified atom stereocenters. The number of rotatable bonds is 6. The summed E-state index contributed by atoms with van der Waals surface area (Å²) in [7, 11) is 1.47. The Morgan fingerprint density at radius 3 is 2.35 bits per heavy atom. The minimum Gasteiger partial charge on any atom is -0.456 e. The van der Waals surface area contributed by atoms with Crippen LogP contribution in [0.5, 0.6) is 0 Å². The topological polar surface area (TPSA) is 66.9 Å². The van der Waals surface area contributed by atoms with Gasteiger partial charge in [-0.05, 0) is 12.1 Å². The largest absolute Gasteiger partial charge is 0.539 e. The molecule has 17 heavy (non-hydrogen) atoms. The van der Waals surface area contributed by atoms with Gasteiger partial charge in [-0.25, -0.2) is 9.78 Å². The summed E-state index contributed by atoms with van der Waals surface area (Å²) >= 11 is 0. The molecule has 94 valence electrons. The van der Waals surface area contributed by atoms with E-state index in [0.717, 1.165) is 0 Å². The lowest BCUT2D eigenvalue weighted by molar-refractivity contribution is 0.0391. The average molecular weight is 257 g/mol. The summed E-state index contributed by atoms with van der Waals surface area (Å²) in [5.74, 6) is -0.534. The third-order valence-corrected chi connectivity index (χ3v) is 4.55. The van der Waals surface area contributed by atoms with Crippen LogP contribution in [0.15, 0.2) is 24.4 Å². The molecule has 0 fully saturated rings. The van der Waals surface area contributed by atoms with Crippen molar-refractivity contribution >= 4 is 14.8 Å². The standard InChI is InChI=1S/C10H15NO5Si/c1-13-17(14-2,15-3)8-16-10(12)9-6-4-5-7-11-9/h4-7H,8H2,1-3H3. The molecule has 0 radical (unpaired) electrons. The third-order valence-electron chi connectivity index (χ3n) is 2.19. The van der Waals surface area contributed by atoms with Gasteiger partial charge in [-0.3, -0.25) is 0 Å². The van der Waals surface area contributed by atoms with Crippen molar-refractivity contribution in [2.24, 2.45) is 0 Å². The fourth-order valence-electron chi connectivity index (χ4n) is 1.14. The number of carbonyl (C=O) groups excluding carboxylic acids is 1. The number of esters is 1. The van der Waals surface area contributed by atoms with E-state index in [1.165, 1.54) is 27.5 Å². The molecule has 0 amide bonds. The number of nitrogens with zero attached hydrogens (tertiary/aromatic N) is 1. The first-order valence-corrected chi connectivity index (χ1v) is 6.84. The summed E-state index contributed by atoms with van der Waals surface area (Å²) in [5.41, 5.74) is 0.235. The second kappa shape index (κ2) is 6.45. The molecular weight excluding hydrogens is 242 g/mol. The number of carbonyl (C=O) groups is 1. The van der Waals surface area contributed by atoms with E-state index in [-0.39, 0.29) is 11.9 Å². The zero-order chi connectivity index (χ0) is 12.7. The van der Waals surface area contributed by atoms with Crippen LogP contribution in [-0.2, 0) is 18.0 Å². The number of aromatic nitrogens is 1. The summed E-state index contributed by atoms with van der Waals surface area (Å²) in [4.78, 5) is 15.5. The molecule has 0 saturated heterocycles. The highest BCUT2D eigenvalue weighted by atomic mass is 28.4. The van der Waals surface area contributed by atoms with Crippen molar-refractivity contribution in [1.29, 1.82) is 0 Å². The van der Waals surface area contributed by atoms with Gasteiger partial charge >= 0.3 is 14.8 Å². The van der Waals surface area contributed by atoms with Crippen molar-refractivity contribution in [3.63, 3.8) is 0 Å². The molecular formula is C10H15NO5Si. The Balaban J connectivity index is 2.59. The maximum absolute atomic E-state index is 11.6. The van der Waals surface area contributed by atoms with E-state index in [2.05, 4.69) is 4.98 Å². The van der Waals surface area contributed by atoms with E-state index < -0.39 is 14.8 Å². The summed E-state index contributed by atoms with van der Waals surface area (Å²) in [6.07, 6.45) is 1.47. The van der Waals surface area contributed by atoms with Crippen LogP contribution in [0.4, 0.5) is 0 Å². The van der Waals surface area contributed by atoms with Gasteiger partial charge in [0.15, 0.2) is 6.23 Å².